The average molecular weight is 448 g/mol. The normalized spacial score (nSPS) is 18.5. The highest BCUT2D eigenvalue weighted by Gasteiger charge is 2.20. The highest BCUT2D eigenvalue weighted by Crippen LogP contribution is 2.34. The lowest BCUT2D eigenvalue weighted by molar-refractivity contribution is 0.248. The lowest BCUT2D eigenvalue weighted by Gasteiger charge is -2.28. The molecule has 0 saturated heterocycles. The van der Waals surface area contributed by atoms with Crippen molar-refractivity contribution in [2.24, 2.45) is 11.8 Å². The van der Waals surface area contributed by atoms with Crippen molar-refractivity contribution in [3.8, 4) is 11.3 Å². The van der Waals surface area contributed by atoms with Crippen molar-refractivity contribution < 1.29 is 0 Å². The molecule has 1 aliphatic rings. The fourth-order valence-electron chi connectivity index (χ4n) is 5.56. The Balaban J connectivity index is 1.35. The highest BCUT2D eigenvalue weighted by molar-refractivity contribution is 5.59. The summed E-state index contributed by atoms with van der Waals surface area (Å²) in [4.78, 5) is 4.80. The molecule has 2 aromatic rings. The van der Waals surface area contributed by atoms with E-state index in [1.807, 2.05) is 0 Å². The molecule has 0 amide bonds. The molecule has 1 heterocycles. The first kappa shape index (κ1) is 26.0. The van der Waals surface area contributed by atoms with Gasteiger partial charge in [0.15, 0.2) is 0 Å². The Labute approximate surface area is 204 Å². The number of pyridine rings is 1. The minimum absolute atomic E-state index is 0.936. The van der Waals surface area contributed by atoms with Crippen molar-refractivity contribution in [1.82, 2.24) is 4.98 Å². The zero-order chi connectivity index (χ0) is 23.1. The smallest absolute Gasteiger partial charge is 0.0702 e. The molecular formula is C32H49N. The average Bonchev–Trinajstić information content (AvgIpc) is 2.87. The molecule has 1 saturated carbocycles. The Morgan fingerprint density at radius 3 is 1.85 bits per heavy atom. The van der Waals surface area contributed by atoms with E-state index in [4.69, 9.17) is 4.98 Å². The predicted octanol–water partition coefficient (Wildman–Crippen LogP) is 9.97. The SMILES string of the molecule is CCCCCCCC1CCC(CCc2ccc(-c3ccc(CCCCCC)cc3)nc2)CC1. The molecule has 33 heavy (non-hydrogen) atoms. The largest absolute Gasteiger partial charge is 0.256 e. The summed E-state index contributed by atoms with van der Waals surface area (Å²) >= 11 is 0. The number of hydrogen-bond acceptors (Lipinski definition) is 1. The fourth-order valence-corrected chi connectivity index (χ4v) is 5.56. The van der Waals surface area contributed by atoms with Crippen molar-refractivity contribution in [1.29, 1.82) is 0 Å². The number of benzene rings is 1. The highest BCUT2D eigenvalue weighted by atomic mass is 14.7. The molecule has 0 spiro atoms. The molecule has 1 heteroatoms. The number of rotatable bonds is 15. The van der Waals surface area contributed by atoms with Crippen LogP contribution < -0.4 is 0 Å². The van der Waals surface area contributed by atoms with Crippen LogP contribution in [0, 0.1) is 11.8 Å². The van der Waals surface area contributed by atoms with Gasteiger partial charge < -0.3 is 0 Å². The molecule has 0 unspecified atom stereocenters. The van der Waals surface area contributed by atoms with Gasteiger partial charge in [-0.25, -0.2) is 0 Å². The van der Waals surface area contributed by atoms with Gasteiger partial charge in [-0.05, 0) is 54.7 Å². The maximum absolute atomic E-state index is 4.80. The van der Waals surface area contributed by atoms with Crippen LogP contribution in [0.15, 0.2) is 42.6 Å². The van der Waals surface area contributed by atoms with Crippen LogP contribution in [-0.4, -0.2) is 4.98 Å². The third kappa shape index (κ3) is 9.63. The first-order valence-electron chi connectivity index (χ1n) is 14.3. The van der Waals surface area contributed by atoms with E-state index in [-0.39, 0.29) is 0 Å². The van der Waals surface area contributed by atoms with Crippen LogP contribution in [0.5, 0.6) is 0 Å². The number of unbranched alkanes of at least 4 members (excludes halogenated alkanes) is 7. The molecule has 1 aromatic heterocycles. The van der Waals surface area contributed by atoms with E-state index in [1.165, 1.54) is 126 Å². The molecule has 182 valence electrons. The predicted molar refractivity (Wildman–Crippen MR) is 145 cm³/mol. The van der Waals surface area contributed by atoms with Gasteiger partial charge in [-0.3, -0.25) is 4.98 Å². The van der Waals surface area contributed by atoms with Gasteiger partial charge in [0.2, 0.25) is 0 Å². The Morgan fingerprint density at radius 2 is 1.21 bits per heavy atom. The molecule has 0 atom stereocenters. The van der Waals surface area contributed by atoms with Crippen molar-refractivity contribution in [3.63, 3.8) is 0 Å². The third-order valence-electron chi connectivity index (χ3n) is 7.92. The van der Waals surface area contributed by atoms with Crippen LogP contribution in [0.2, 0.25) is 0 Å². The van der Waals surface area contributed by atoms with Gasteiger partial charge in [-0.2, -0.15) is 0 Å². The van der Waals surface area contributed by atoms with Crippen LogP contribution in [0.1, 0.15) is 121 Å². The Kier molecular flexibility index (Phi) is 12.1. The second-order valence-corrected chi connectivity index (χ2v) is 10.7. The summed E-state index contributed by atoms with van der Waals surface area (Å²) < 4.78 is 0. The molecule has 1 nitrogen and oxygen atoms in total. The van der Waals surface area contributed by atoms with E-state index < -0.39 is 0 Å². The lowest BCUT2D eigenvalue weighted by Crippen LogP contribution is -2.15. The molecule has 0 bridgehead atoms. The van der Waals surface area contributed by atoms with E-state index >= 15 is 0 Å². The van der Waals surface area contributed by atoms with Crippen molar-refractivity contribution in [2.75, 3.05) is 0 Å². The Bertz CT molecular complexity index is 737. The Hall–Kier alpha value is -1.63. The summed E-state index contributed by atoms with van der Waals surface area (Å²) in [5.41, 5.74) is 5.21. The summed E-state index contributed by atoms with van der Waals surface area (Å²) in [5, 5.41) is 0. The second-order valence-electron chi connectivity index (χ2n) is 10.7. The van der Waals surface area contributed by atoms with Gasteiger partial charge >= 0.3 is 0 Å². The van der Waals surface area contributed by atoms with Crippen LogP contribution in [-0.2, 0) is 12.8 Å². The fraction of sp³-hybridized carbons (Fsp3) is 0.656. The minimum Gasteiger partial charge on any atom is -0.256 e. The van der Waals surface area contributed by atoms with E-state index in [2.05, 4.69) is 56.4 Å². The number of aryl methyl sites for hydroxylation is 2. The monoisotopic (exact) mass is 447 g/mol. The second kappa shape index (κ2) is 15.3. The van der Waals surface area contributed by atoms with Gasteiger partial charge in [0.1, 0.15) is 0 Å². The maximum Gasteiger partial charge on any atom is 0.0702 e. The van der Waals surface area contributed by atoms with Crippen molar-refractivity contribution in [3.05, 3.63) is 53.7 Å². The molecule has 0 N–H and O–H groups in total. The zero-order valence-corrected chi connectivity index (χ0v) is 21.7. The zero-order valence-electron chi connectivity index (χ0n) is 21.7. The van der Waals surface area contributed by atoms with E-state index in [9.17, 15) is 0 Å². The quantitative estimate of drug-likeness (QED) is 0.247. The van der Waals surface area contributed by atoms with Gasteiger partial charge in [0.05, 0.1) is 5.69 Å². The lowest BCUT2D eigenvalue weighted by atomic mass is 9.78. The van der Waals surface area contributed by atoms with Crippen molar-refractivity contribution >= 4 is 0 Å². The molecule has 0 aliphatic heterocycles. The van der Waals surface area contributed by atoms with Gasteiger partial charge in [-0.1, -0.05) is 128 Å². The number of aromatic nitrogens is 1. The van der Waals surface area contributed by atoms with Crippen LogP contribution in [0.3, 0.4) is 0 Å². The van der Waals surface area contributed by atoms with Gasteiger partial charge in [-0.15, -0.1) is 0 Å². The first-order valence-corrected chi connectivity index (χ1v) is 14.3. The number of nitrogens with zero attached hydrogens (tertiary/aromatic N) is 1. The maximum atomic E-state index is 4.80. The topological polar surface area (TPSA) is 12.9 Å². The van der Waals surface area contributed by atoms with Crippen LogP contribution in [0.25, 0.3) is 11.3 Å². The third-order valence-corrected chi connectivity index (χ3v) is 7.92. The van der Waals surface area contributed by atoms with E-state index in [0.717, 1.165) is 17.5 Å². The van der Waals surface area contributed by atoms with E-state index in [0.29, 0.717) is 0 Å². The summed E-state index contributed by atoms with van der Waals surface area (Å²) in [6, 6.07) is 13.6. The molecule has 1 aromatic carbocycles. The molecule has 3 rings (SSSR count). The van der Waals surface area contributed by atoms with E-state index in [1.54, 1.807) is 0 Å². The van der Waals surface area contributed by atoms with Gasteiger partial charge in [0.25, 0.3) is 0 Å². The summed E-state index contributed by atoms with van der Waals surface area (Å²) in [6.07, 6.45) is 25.7. The number of hydrogen-bond donors (Lipinski definition) is 0. The first-order chi connectivity index (χ1) is 16.3. The summed E-state index contributed by atoms with van der Waals surface area (Å²) in [7, 11) is 0. The van der Waals surface area contributed by atoms with Crippen LogP contribution >= 0.6 is 0 Å². The minimum atomic E-state index is 0.936. The molecular weight excluding hydrogens is 398 g/mol. The van der Waals surface area contributed by atoms with Crippen molar-refractivity contribution in [2.45, 2.75) is 123 Å². The Morgan fingerprint density at radius 1 is 0.606 bits per heavy atom. The molecule has 1 aliphatic carbocycles. The molecule has 0 radical (unpaired) electrons. The van der Waals surface area contributed by atoms with Crippen LogP contribution in [0.4, 0.5) is 0 Å². The van der Waals surface area contributed by atoms with Gasteiger partial charge in [0, 0.05) is 11.8 Å². The molecule has 1 fully saturated rings. The standard InChI is InChI=1S/C32H49N/c1-3-5-7-9-11-13-27-14-16-29(17-15-27)18-19-30-22-25-32(33-26-30)31-23-20-28(21-24-31)12-10-8-6-4-2/h20-27,29H,3-19H2,1-2H3. The summed E-state index contributed by atoms with van der Waals surface area (Å²) in [6.45, 7) is 4.58. The summed E-state index contributed by atoms with van der Waals surface area (Å²) in [5.74, 6) is 1.96.